The predicted molar refractivity (Wildman–Crippen MR) is 68.6 cm³/mol. The summed E-state index contributed by atoms with van der Waals surface area (Å²) in [7, 11) is -1.20. The third-order valence-corrected chi connectivity index (χ3v) is 3.25. The molecule has 0 aliphatic rings. The van der Waals surface area contributed by atoms with Gasteiger partial charge in [-0.05, 0) is 0 Å². The van der Waals surface area contributed by atoms with Crippen LogP contribution in [0, 0.1) is 0 Å². The lowest BCUT2D eigenvalue weighted by Crippen LogP contribution is -2.03. The van der Waals surface area contributed by atoms with Crippen LogP contribution in [0.15, 0.2) is 47.9 Å². The highest BCUT2D eigenvalue weighted by Crippen LogP contribution is 2.18. The zero-order chi connectivity index (χ0) is 12.5. The molecule has 0 saturated carbocycles. The van der Waals surface area contributed by atoms with Crippen LogP contribution in [0.4, 0.5) is 0 Å². The maximum atomic E-state index is 11.4. The Bertz CT molecular complexity index is 723. The Morgan fingerprint density at radius 2 is 1.83 bits per heavy atom. The summed E-state index contributed by atoms with van der Waals surface area (Å²) in [6.45, 7) is 0. The third-order valence-electron chi connectivity index (χ3n) is 2.55. The summed E-state index contributed by atoms with van der Waals surface area (Å²) in [5.74, 6) is 0.722. The molecule has 2 heterocycles. The van der Waals surface area contributed by atoms with Crippen LogP contribution >= 0.6 is 0 Å². The molecule has 1 unspecified atom stereocenters. The highest BCUT2D eigenvalue weighted by Gasteiger charge is 2.09. The van der Waals surface area contributed by atoms with E-state index in [0.29, 0.717) is 5.16 Å². The molecule has 5 nitrogen and oxygen atoms in total. The van der Waals surface area contributed by atoms with Gasteiger partial charge in [-0.25, -0.2) is 14.5 Å². The maximum Gasteiger partial charge on any atom is 0.237 e. The Kier molecular flexibility index (Phi) is 2.64. The monoisotopic (exact) mass is 258 g/mol. The molecule has 0 amide bonds. The van der Waals surface area contributed by atoms with E-state index in [1.165, 1.54) is 0 Å². The summed E-state index contributed by atoms with van der Waals surface area (Å²) in [4.78, 5) is 8.37. The Morgan fingerprint density at radius 1 is 1.11 bits per heavy atom. The predicted octanol–water partition coefficient (Wildman–Crippen LogP) is 1.53. The molecule has 6 heteroatoms. The van der Waals surface area contributed by atoms with Crippen molar-refractivity contribution in [3.8, 4) is 11.4 Å². The average molecular weight is 258 g/mol. The van der Waals surface area contributed by atoms with Gasteiger partial charge >= 0.3 is 0 Å². The molecule has 0 saturated heterocycles. The van der Waals surface area contributed by atoms with E-state index >= 15 is 0 Å². The SMILES string of the molecule is CS(=O)c1ncc2cnc(-c3ccccc3)n2n1. The van der Waals surface area contributed by atoms with E-state index in [2.05, 4.69) is 15.1 Å². The van der Waals surface area contributed by atoms with Gasteiger partial charge in [0.05, 0.1) is 23.2 Å². The minimum atomic E-state index is -1.20. The molecular weight excluding hydrogens is 248 g/mol. The van der Waals surface area contributed by atoms with Crippen molar-refractivity contribution < 1.29 is 4.21 Å². The summed E-state index contributed by atoms with van der Waals surface area (Å²) in [6, 6.07) is 9.74. The van der Waals surface area contributed by atoms with Gasteiger partial charge < -0.3 is 0 Å². The summed E-state index contributed by atoms with van der Waals surface area (Å²) < 4.78 is 13.1. The number of nitrogens with zero attached hydrogens (tertiary/aromatic N) is 4. The molecule has 0 fully saturated rings. The molecule has 0 radical (unpaired) electrons. The van der Waals surface area contributed by atoms with Crippen LogP contribution in [-0.4, -0.2) is 30.0 Å². The zero-order valence-electron chi connectivity index (χ0n) is 9.65. The second kappa shape index (κ2) is 4.30. The lowest BCUT2D eigenvalue weighted by Gasteiger charge is -2.01. The van der Waals surface area contributed by atoms with Crippen molar-refractivity contribution in [2.24, 2.45) is 0 Å². The van der Waals surface area contributed by atoms with E-state index in [1.54, 1.807) is 23.2 Å². The van der Waals surface area contributed by atoms with E-state index in [9.17, 15) is 4.21 Å². The van der Waals surface area contributed by atoms with Crippen LogP contribution in [0.3, 0.4) is 0 Å². The highest BCUT2D eigenvalue weighted by molar-refractivity contribution is 7.84. The fourth-order valence-corrected chi connectivity index (χ4v) is 2.10. The highest BCUT2D eigenvalue weighted by atomic mass is 32.2. The molecular formula is C12H10N4OS. The molecule has 3 aromatic rings. The number of imidazole rings is 1. The summed E-state index contributed by atoms with van der Waals surface area (Å²) >= 11 is 0. The first-order chi connectivity index (χ1) is 8.75. The van der Waals surface area contributed by atoms with Crippen LogP contribution in [-0.2, 0) is 10.8 Å². The molecule has 18 heavy (non-hydrogen) atoms. The van der Waals surface area contributed by atoms with E-state index in [0.717, 1.165) is 16.9 Å². The Labute approximate surface area is 106 Å². The van der Waals surface area contributed by atoms with E-state index in [1.807, 2.05) is 30.3 Å². The molecule has 2 aromatic heterocycles. The number of aromatic nitrogens is 4. The molecule has 1 aromatic carbocycles. The van der Waals surface area contributed by atoms with Gasteiger partial charge in [0.2, 0.25) is 5.16 Å². The number of fused-ring (bicyclic) bond motifs is 1. The van der Waals surface area contributed by atoms with Crippen molar-refractivity contribution in [1.82, 2.24) is 19.6 Å². The quantitative estimate of drug-likeness (QED) is 0.699. The summed E-state index contributed by atoms with van der Waals surface area (Å²) in [6.07, 6.45) is 4.88. The largest absolute Gasteiger partial charge is 0.251 e. The second-order valence-electron chi connectivity index (χ2n) is 3.78. The number of rotatable bonds is 2. The minimum absolute atomic E-state index is 0.303. The second-order valence-corrected chi connectivity index (χ2v) is 5.05. The van der Waals surface area contributed by atoms with E-state index in [-0.39, 0.29) is 0 Å². The summed E-state index contributed by atoms with van der Waals surface area (Å²) in [5.41, 5.74) is 1.74. The Balaban J connectivity index is 2.24. The molecule has 0 aliphatic carbocycles. The van der Waals surface area contributed by atoms with Gasteiger partial charge in [0, 0.05) is 11.8 Å². The van der Waals surface area contributed by atoms with Crippen molar-refractivity contribution in [3.05, 3.63) is 42.7 Å². The van der Waals surface area contributed by atoms with Gasteiger partial charge in [0.25, 0.3) is 0 Å². The molecule has 1 atom stereocenters. The van der Waals surface area contributed by atoms with Gasteiger partial charge in [0.1, 0.15) is 5.52 Å². The van der Waals surface area contributed by atoms with Crippen molar-refractivity contribution in [2.45, 2.75) is 5.16 Å². The van der Waals surface area contributed by atoms with Crippen molar-refractivity contribution in [1.29, 1.82) is 0 Å². The smallest absolute Gasteiger partial charge is 0.237 e. The Hall–Kier alpha value is -2.08. The van der Waals surface area contributed by atoms with Crippen LogP contribution < -0.4 is 0 Å². The normalized spacial score (nSPS) is 12.7. The number of hydrogen-bond acceptors (Lipinski definition) is 4. The van der Waals surface area contributed by atoms with Gasteiger partial charge in [0.15, 0.2) is 5.82 Å². The first-order valence-corrected chi connectivity index (χ1v) is 6.91. The average Bonchev–Trinajstić information content (AvgIpc) is 2.82. The topological polar surface area (TPSA) is 60.2 Å². The lowest BCUT2D eigenvalue weighted by atomic mass is 10.2. The standard InChI is InChI=1S/C12H10N4OS/c1-18(17)12-14-8-10-7-13-11(16(10)15-12)9-5-3-2-4-6-9/h2-8H,1H3. The van der Waals surface area contributed by atoms with Gasteiger partial charge in [-0.1, -0.05) is 30.3 Å². The van der Waals surface area contributed by atoms with Crippen LogP contribution in [0.25, 0.3) is 16.9 Å². The minimum Gasteiger partial charge on any atom is -0.251 e. The number of hydrogen-bond donors (Lipinski definition) is 0. The molecule has 0 aliphatic heterocycles. The molecule has 0 N–H and O–H groups in total. The summed E-state index contributed by atoms with van der Waals surface area (Å²) in [5, 5.41) is 4.56. The molecule has 0 spiro atoms. The fraction of sp³-hybridized carbons (Fsp3) is 0.0833. The van der Waals surface area contributed by atoms with Gasteiger partial charge in [-0.3, -0.25) is 4.21 Å². The number of benzene rings is 1. The van der Waals surface area contributed by atoms with E-state index < -0.39 is 10.8 Å². The van der Waals surface area contributed by atoms with Crippen LogP contribution in [0.1, 0.15) is 0 Å². The van der Waals surface area contributed by atoms with Gasteiger partial charge in [-0.2, -0.15) is 0 Å². The lowest BCUT2D eigenvalue weighted by molar-refractivity contribution is 0.672. The fourth-order valence-electron chi connectivity index (χ4n) is 1.70. The zero-order valence-corrected chi connectivity index (χ0v) is 10.5. The third kappa shape index (κ3) is 1.80. The molecule has 90 valence electrons. The van der Waals surface area contributed by atoms with Crippen LogP contribution in [0.2, 0.25) is 0 Å². The van der Waals surface area contributed by atoms with Crippen molar-refractivity contribution >= 4 is 16.3 Å². The first kappa shape index (κ1) is 11.0. The van der Waals surface area contributed by atoms with Gasteiger partial charge in [-0.15, -0.1) is 5.10 Å². The Morgan fingerprint density at radius 3 is 2.56 bits per heavy atom. The van der Waals surface area contributed by atoms with Crippen molar-refractivity contribution in [3.63, 3.8) is 0 Å². The first-order valence-electron chi connectivity index (χ1n) is 5.35. The molecule has 3 rings (SSSR count). The molecule has 0 bridgehead atoms. The van der Waals surface area contributed by atoms with Crippen LogP contribution in [0.5, 0.6) is 0 Å². The van der Waals surface area contributed by atoms with E-state index in [4.69, 9.17) is 0 Å². The maximum absolute atomic E-state index is 11.4. The van der Waals surface area contributed by atoms with Crippen molar-refractivity contribution in [2.75, 3.05) is 6.26 Å².